The molecule has 1 rings (SSSR count). The molecule has 6 heteroatoms. The van der Waals surface area contributed by atoms with E-state index in [1.165, 1.54) is 6.07 Å². The molecule has 0 spiro atoms. The molecule has 2 atom stereocenters. The maximum atomic E-state index is 12.0. The number of hydrogen-bond acceptors (Lipinski definition) is 4. The third-order valence-corrected chi connectivity index (χ3v) is 5.07. The third kappa shape index (κ3) is 5.21. The smallest absolute Gasteiger partial charge is 0.240 e. The molecular formula is C15H27N3O2S. The molecule has 0 saturated heterocycles. The highest BCUT2D eigenvalue weighted by Gasteiger charge is 2.15. The summed E-state index contributed by atoms with van der Waals surface area (Å²) in [5, 5.41) is 3.31. The van der Waals surface area contributed by atoms with Gasteiger partial charge in [-0.1, -0.05) is 27.2 Å². The van der Waals surface area contributed by atoms with Crippen molar-refractivity contribution in [1.29, 1.82) is 0 Å². The molecule has 0 bridgehead atoms. The molecule has 1 aromatic carbocycles. The summed E-state index contributed by atoms with van der Waals surface area (Å²) in [7, 11) is -3.46. The van der Waals surface area contributed by atoms with Crippen LogP contribution in [0.4, 0.5) is 11.4 Å². The van der Waals surface area contributed by atoms with Crippen molar-refractivity contribution in [1.82, 2.24) is 4.72 Å². The van der Waals surface area contributed by atoms with Gasteiger partial charge >= 0.3 is 0 Å². The molecule has 0 fully saturated rings. The largest absolute Gasteiger partial charge is 0.397 e. The van der Waals surface area contributed by atoms with Gasteiger partial charge in [-0.15, -0.1) is 0 Å². The van der Waals surface area contributed by atoms with Crippen LogP contribution in [-0.2, 0) is 10.0 Å². The Kier molecular flexibility index (Phi) is 6.48. The van der Waals surface area contributed by atoms with Crippen LogP contribution in [0.2, 0.25) is 0 Å². The van der Waals surface area contributed by atoms with Gasteiger partial charge < -0.3 is 11.1 Å². The highest BCUT2D eigenvalue weighted by atomic mass is 32.2. The summed E-state index contributed by atoms with van der Waals surface area (Å²) in [6, 6.07) is 4.99. The first-order valence-corrected chi connectivity index (χ1v) is 8.94. The lowest BCUT2D eigenvalue weighted by atomic mass is 10.0. The fourth-order valence-electron chi connectivity index (χ4n) is 2.20. The zero-order chi connectivity index (χ0) is 16.0. The standard InChI is InChI=1S/C15H27N3O2S/c1-5-11(3)9-12(4)18-15-10-13(7-8-14(15)16)21(19,20)17-6-2/h7-8,10-12,17-18H,5-6,9,16H2,1-4H3. The quantitative estimate of drug-likeness (QED) is 0.644. The van der Waals surface area contributed by atoms with Crippen LogP contribution in [0.1, 0.15) is 40.5 Å². The molecule has 4 N–H and O–H groups in total. The predicted molar refractivity (Wildman–Crippen MR) is 88.9 cm³/mol. The Labute approximate surface area is 128 Å². The maximum absolute atomic E-state index is 12.0. The fourth-order valence-corrected chi connectivity index (χ4v) is 3.26. The summed E-state index contributed by atoms with van der Waals surface area (Å²) in [4.78, 5) is 0.233. The Morgan fingerprint density at radius 3 is 2.48 bits per heavy atom. The highest BCUT2D eigenvalue weighted by molar-refractivity contribution is 7.89. The van der Waals surface area contributed by atoms with Crippen LogP contribution >= 0.6 is 0 Å². The van der Waals surface area contributed by atoms with Crippen molar-refractivity contribution < 1.29 is 8.42 Å². The summed E-state index contributed by atoms with van der Waals surface area (Å²) in [6.07, 6.45) is 2.14. The topological polar surface area (TPSA) is 84.2 Å². The zero-order valence-electron chi connectivity index (χ0n) is 13.3. The van der Waals surface area contributed by atoms with E-state index in [9.17, 15) is 8.42 Å². The fraction of sp³-hybridized carbons (Fsp3) is 0.600. The van der Waals surface area contributed by atoms with Crippen LogP contribution in [0.3, 0.4) is 0 Å². The van der Waals surface area contributed by atoms with Crippen LogP contribution in [0.5, 0.6) is 0 Å². The number of benzene rings is 1. The van der Waals surface area contributed by atoms with E-state index in [-0.39, 0.29) is 10.9 Å². The molecule has 0 aliphatic carbocycles. The van der Waals surface area contributed by atoms with Crippen LogP contribution in [0.15, 0.2) is 23.1 Å². The normalized spacial score (nSPS) is 14.7. The molecule has 1 aromatic rings. The van der Waals surface area contributed by atoms with E-state index in [0.29, 0.717) is 23.8 Å². The maximum Gasteiger partial charge on any atom is 0.240 e. The minimum atomic E-state index is -3.46. The van der Waals surface area contributed by atoms with Gasteiger partial charge in [0, 0.05) is 12.6 Å². The van der Waals surface area contributed by atoms with E-state index >= 15 is 0 Å². The van der Waals surface area contributed by atoms with Crippen LogP contribution < -0.4 is 15.8 Å². The lowest BCUT2D eigenvalue weighted by Gasteiger charge is -2.20. The van der Waals surface area contributed by atoms with Crippen molar-refractivity contribution in [2.45, 2.75) is 51.5 Å². The summed E-state index contributed by atoms with van der Waals surface area (Å²) in [6.45, 7) is 8.56. The van der Waals surface area contributed by atoms with E-state index in [2.05, 4.69) is 30.8 Å². The summed E-state index contributed by atoms with van der Waals surface area (Å²) in [5.74, 6) is 0.613. The second-order valence-electron chi connectivity index (χ2n) is 5.54. The first kappa shape index (κ1) is 17.8. The molecule has 0 aromatic heterocycles. The van der Waals surface area contributed by atoms with E-state index < -0.39 is 10.0 Å². The molecule has 5 nitrogen and oxygen atoms in total. The molecule has 0 saturated carbocycles. The lowest BCUT2D eigenvalue weighted by Crippen LogP contribution is -2.24. The number of sulfonamides is 1. The lowest BCUT2D eigenvalue weighted by molar-refractivity contribution is 0.484. The molecule has 0 radical (unpaired) electrons. The summed E-state index contributed by atoms with van der Waals surface area (Å²) in [5.41, 5.74) is 7.17. The van der Waals surface area contributed by atoms with Gasteiger partial charge in [-0.25, -0.2) is 13.1 Å². The molecule has 2 unspecified atom stereocenters. The number of hydrogen-bond donors (Lipinski definition) is 3. The Morgan fingerprint density at radius 1 is 1.24 bits per heavy atom. The Hall–Kier alpha value is -1.27. The number of rotatable bonds is 8. The molecule has 0 amide bonds. The molecule has 0 heterocycles. The van der Waals surface area contributed by atoms with Crippen molar-refractivity contribution in [2.24, 2.45) is 5.92 Å². The van der Waals surface area contributed by atoms with E-state index in [0.717, 1.165) is 12.8 Å². The number of anilines is 2. The van der Waals surface area contributed by atoms with Crippen molar-refractivity contribution in [3.63, 3.8) is 0 Å². The van der Waals surface area contributed by atoms with E-state index in [1.807, 2.05) is 0 Å². The minimum Gasteiger partial charge on any atom is -0.397 e. The van der Waals surface area contributed by atoms with Crippen LogP contribution in [0.25, 0.3) is 0 Å². The average molecular weight is 313 g/mol. The first-order chi connectivity index (χ1) is 9.80. The second-order valence-corrected chi connectivity index (χ2v) is 7.31. The van der Waals surface area contributed by atoms with Crippen LogP contribution in [0, 0.1) is 5.92 Å². The summed E-state index contributed by atoms with van der Waals surface area (Å²) < 4.78 is 26.5. The van der Waals surface area contributed by atoms with Crippen molar-refractivity contribution >= 4 is 21.4 Å². The van der Waals surface area contributed by atoms with Gasteiger partial charge in [-0.05, 0) is 37.5 Å². The van der Waals surface area contributed by atoms with E-state index in [4.69, 9.17) is 5.73 Å². The van der Waals surface area contributed by atoms with Gasteiger partial charge in [0.2, 0.25) is 10.0 Å². The van der Waals surface area contributed by atoms with Crippen molar-refractivity contribution in [2.75, 3.05) is 17.6 Å². The molecule has 120 valence electrons. The van der Waals surface area contributed by atoms with Gasteiger partial charge in [-0.3, -0.25) is 0 Å². The number of nitrogen functional groups attached to an aromatic ring is 1. The Bertz CT molecular complexity index is 558. The number of nitrogens with one attached hydrogen (secondary N) is 2. The second kappa shape index (κ2) is 7.66. The predicted octanol–water partition coefficient (Wildman–Crippen LogP) is 2.80. The van der Waals surface area contributed by atoms with Gasteiger partial charge in [0.15, 0.2) is 0 Å². The van der Waals surface area contributed by atoms with E-state index in [1.54, 1.807) is 19.1 Å². The molecule has 0 aliphatic heterocycles. The molecular weight excluding hydrogens is 286 g/mol. The third-order valence-electron chi connectivity index (χ3n) is 3.52. The Balaban J connectivity index is 2.93. The van der Waals surface area contributed by atoms with Crippen molar-refractivity contribution in [3.8, 4) is 0 Å². The first-order valence-electron chi connectivity index (χ1n) is 7.45. The average Bonchev–Trinajstić information content (AvgIpc) is 2.40. The molecule has 21 heavy (non-hydrogen) atoms. The Morgan fingerprint density at radius 2 is 1.90 bits per heavy atom. The van der Waals surface area contributed by atoms with Gasteiger partial charge in [-0.2, -0.15) is 0 Å². The van der Waals surface area contributed by atoms with Crippen molar-refractivity contribution in [3.05, 3.63) is 18.2 Å². The number of nitrogens with two attached hydrogens (primary N) is 1. The van der Waals surface area contributed by atoms with Gasteiger partial charge in [0.1, 0.15) is 0 Å². The van der Waals surface area contributed by atoms with Gasteiger partial charge in [0.05, 0.1) is 16.3 Å². The minimum absolute atomic E-state index is 0.233. The van der Waals surface area contributed by atoms with Crippen LogP contribution in [-0.4, -0.2) is 21.0 Å². The SMILES string of the molecule is CCNS(=O)(=O)c1ccc(N)c(NC(C)CC(C)CC)c1. The zero-order valence-corrected chi connectivity index (χ0v) is 14.1. The molecule has 0 aliphatic rings. The monoisotopic (exact) mass is 313 g/mol. The summed E-state index contributed by atoms with van der Waals surface area (Å²) >= 11 is 0. The van der Waals surface area contributed by atoms with Gasteiger partial charge in [0.25, 0.3) is 0 Å². The highest BCUT2D eigenvalue weighted by Crippen LogP contribution is 2.24.